The lowest BCUT2D eigenvalue weighted by molar-refractivity contribution is -0.143. The SMILES string of the molecule is COC(=O)C(C)n1c(CCl)nc2c(C)ccnc21. The van der Waals surface area contributed by atoms with Gasteiger partial charge < -0.3 is 4.74 Å². The van der Waals surface area contributed by atoms with Crippen LogP contribution in [0.2, 0.25) is 0 Å². The third-order valence-electron chi connectivity index (χ3n) is 2.90. The molecule has 1 atom stereocenters. The molecule has 2 aromatic rings. The Morgan fingerprint density at radius 3 is 2.94 bits per heavy atom. The van der Waals surface area contributed by atoms with Gasteiger partial charge in [-0.2, -0.15) is 0 Å². The molecule has 0 saturated heterocycles. The standard InChI is InChI=1S/C12H14ClN3O2/c1-7-4-5-14-11-10(7)15-9(6-13)16(11)8(2)12(17)18-3/h4-5,8H,6H2,1-3H3. The van der Waals surface area contributed by atoms with E-state index in [1.54, 1.807) is 17.7 Å². The van der Waals surface area contributed by atoms with E-state index >= 15 is 0 Å². The van der Waals surface area contributed by atoms with E-state index in [0.717, 1.165) is 11.1 Å². The summed E-state index contributed by atoms with van der Waals surface area (Å²) in [5.41, 5.74) is 2.43. The van der Waals surface area contributed by atoms with Crippen molar-refractivity contribution in [3.63, 3.8) is 0 Å². The Kier molecular flexibility index (Phi) is 3.52. The molecule has 2 rings (SSSR count). The largest absolute Gasteiger partial charge is 0.467 e. The molecular weight excluding hydrogens is 254 g/mol. The van der Waals surface area contributed by atoms with Crippen LogP contribution in [0.4, 0.5) is 0 Å². The number of rotatable bonds is 3. The summed E-state index contributed by atoms with van der Waals surface area (Å²) in [4.78, 5) is 20.4. The molecule has 0 aliphatic rings. The zero-order valence-corrected chi connectivity index (χ0v) is 11.2. The lowest BCUT2D eigenvalue weighted by Crippen LogP contribution is -2.19. The number of hydrogen-bond acceptors (Lipinski definition) is 4. The Morgan fingerprint density at radius 2 is 2.33 bits per heavy atom. The molecule has 0 aliphatic heterocycles. The third-order valence-corrected chi connectivity index (χ3v) is 3.14. The first kappa shape index (κ1) is 12.8. The number of halogens is 1. The highest BCUT2D eigenvalue weighted by Gasteiger charge is 2.22. The summed E-state index contributed by atoms with van der Waals surface area (Å²) >= 11 is 5.88. The van der Waals surface area contributed by atoms with E-state index in [1.165, 1.54) is 7.11 Å². The van der Waals surface area contributed by atoms with E-state index in [9.17, 15) is 4.79 Å². The molecule has 5 nitrogen and oxygen atoms in total. The summed E-state index contributed by atoms with van der Waals surface area (Å²) < 4.78 is 6.48. The Hall–Kier alpha value is -1.62. The van der Waals surface area contributed by atoms with Crippen LogP contribution < -0.4 is 0 Å². The van der Waals surface area contributed by atoms with Gasteiger partial charge in [0, 0.05) is 6.20 Å². The van der Waals surface area contributed by atoms with E-state index in [2.05, 4.69) is 9.97 Å². The number of hydrogen-bond donors (Lipinski definition) is 0. The minimum absolute atomic E-state index is 0.219. The average molecular weight is 268 g/mol. The molecule has 0 N–H and O–H groups in total. The number of aryl methyl sites for hydroxylation is 1. The zero-order chi connectivity index (χ0) is 13.3. The van der Waals surface area contributed by atoms with Gasteiger partial charge in [-0.05, 0) is 25.5 Å². The number of aromatic nitrogens is 3. The number of alkyl halides is 1. The average Bonchev–Trinajstić information content (AvgIpc) is 2.76. The Morgan fingerprint density at radius 1 is 1.61 bits per heavy atom. The van der Waals surface area contributed by atoms with E-state index in [4.69, 9.17) is 16.3 Å². The Bertz CT molecular complexity index is 594. The van der Waals surface area contributed by atoms with Gasteiger partial charge in [-0.1, -0.05) is 0 Å². The lowest BCUT2D eigenvalue weighted by Gasteiger charge is -2.13. The molecular formula is C12H14ClN3O2. The van der Waals surface area contributed by atoms with Crippen molar-refractivity contribution in [2.24, 2.45) is 0 Å². The number of carbonyl (C=O) groups excluding carboxylic acids is 1. The molecule has 2 aromatic heterocycles. The lowest BCUT2D eigenvalue weighted by atomic mass is 10.2. The van der Waals surface area contributed by atoms with Crippen LogP contribution in [0.5, 0.6) is 0 Å². The number of pyridine rings is 1. The zero-order valence-electron chi connectivity index (χ0n) is 10.5. The third kappa shape index (κ3) is 1.95. The molecule has 18 heavy (non-hydrogen) atoms. The molecule has 1 unspecified atom stereocenters. The number of ether oxygens (including phenoxy) is 1. The molecule has 6 heteroatoms. The minimum atomic E-state index is -0.497. The van der Waals surface area contributed by atoms with E-state index in [-0.39, 0.29) is 11.8 Å². The normalized spacial score (nSPS) is 12.7. The highest BCUT2D eigenvalue weighted by atomic mass is 35.5. The summed E-state index contributed by atoms with van der Waals surface area (Å²) in [5, 5.41) is 0. The highest BCUT2D eigenvalue weighted by Crippen LogP contribution is 2.23. The summed E-state index contributed by atoms with van der Waals surface area (Å²) in [5.74, 6) is 0.493. The number of imidazole rings is 1. The maximum Gasteiger partial charge on any atom is 0.328 e. The molecule has 0 radical (unpaired) electrons. The first-order chi connectivity index (χ1) is 8.60. The molecule has 96 valence electrons. The van der Waals surface area contributed by atoms with E-state index in [1.807, 2.05) is 13.0 Å². The maximum absolute atomic E-state index is 11.7. The highest BCUT2D eigenvalue weighted by molar-refractivity contribution is 6.16. The fourth-order valence-electron chi connectivity index (χ4n) is 1.93. The van der Waals surface area contributed by atoms with Crippen LogP contribution >= 0.6 is 11.6 Å². The van der Waals surface area contributed by atoms with Gasteiger partial charge in [-0.15, -0.1) is 11.6 Å². The number of fused-ring (bicyclic) bond motifs is 1. The van der Waals surface area contributed by atoms with Gasteiger partial charge in [0.15, 0.2) is 5.65 Å². The van der Waals surface area contributed by atoms with Crippen molar-refractivity contribution >= 4 is 28.7 Å². The summed E-state index contributed by atoms with van der Waals surface area (Å²) in [6, 6.07) is 1.38. The van der Waals surface area contributed by atoms with Crippen LogP contribution in [-0.4, -0.2) is 27.6 Å². The maximum atomic E-state index is 11.7. The van der Waals surface area contributed by atoms with Crippen LogP contribution in [0, 0.1) is 6.92 Å². The van der Waals surface area contributed by atoms with Gasteiger partial charge in [0.25, 0.3) is 0 Å². The second-order valence-electron chi connectivity index (χ2n) is 4.03. The summed E-state index contributed by atoms with van der Waals surface area (Å²) in [6.45, 7) is 3.69. The molecule has 0 spiro atoms. The van der Waals surface area contributed by atoms with Crippen LogP contribution in [0.25, 0.3) is 11.2 Å². The smallest absolute Gasteiger partial charge is 0.328 e. The number of esters is 1. The van der Waals surface area contributed by atoms with Crippen molar-refractivity contribution in [2.75, 3.05) is 7.11 Å². The second kappa shape index (κ2) is 4.94. The number of nitrogens with zero attached hydrogens (tertiary/aromatic N) is 3. The fourth-order valence-corrected chi connectivity index (χ4v) is 2.12. The topological polar surface area (TPSA) is 57.0 Å². The Balaban J connectivity index is 2.68. The molecule has 2 heterocycles. The number of carbonyl (C=O) groups is 1. The van der Waals surface area contributed by atoms with Crippen molar-refractivity contribution in [2.45, 2.75) is 25.8 Å². The van der Waals surface area contributed by atoms with Crippen molar-refractivity contribution in [3.8, 4) is 0 Å². The van der Waals surface area contributed by atoms with Gasteiger partial charge >= 0.3 is 5.97 Å². The fraction of sp³-hybridized carbons (Fsp3) is 0.417. The van der Waals surface area contributed by atoms with Crippen molar-refractivity contribution in [1.29, 1.82) is 0 Å². The first-order valence-corrected chi connectivity index (χ1v) is 6.09. The molecule has 0 aliphatic carbocycles. The van der Waals surface area contributed by atoms with E-state index < -0.39 is 6.04 Å². The summed E-state index contributed by atoms with van der Waals surface area (Å²) in [7, 11) is 1.36. The predicted molar refractivity (Wildman–Crippen MR) is 68.5 cm³/mol. The van der Waals surface area contributed by atoms with Crippen LogP contribution in [0.1, 0.15) is 24.4 Å². The van der Waals surface area contributed by atoms with Crippen molar-refractivity contribution in [3.05, 3.63) is 23.7 Å². The van der Waals surface area contributed by atoms with Crippen LogP contribution in [-0.2, 0) is 15.4 Å². The Labute approximate surface area is 110 Å². The quantitative estimate of drug-likeness (QED) is 0.632. The number of methoxy groups -OCH3 is 1. The molecule has 0 bridgehead atoms. The van der Waals surface area contributed by atoms with Gasteiger partial charge in [0.1, 0.15) is 17.4 Å². The van der Waals surface area contributed by atoms with Crippen LogP contribution in [0.15, 0.2) is 12.3 Å². The molecule has 0 fully saturated rings. The first-order valence-electron chi connectivity index (χ1n) is 5.56. The van der Waals surface area contributed by atoms with Crippen molar-refractivity contribution < 1.29 is 9.53 Å². The van der Waals surface area contributed by atoms with Gasteiger partial charge in [-0.25, -0.2) is 14.8 Å². The summed E-state index contributed by atoms with van der Waals surface area (Å²) in [6.07, 6.45) is 1.69. The second-order valence-corrected chi connectivity index (χ2v) is 4.30. The van der Waals surface area contributed by atoms with Crippen molar-refractivity contribution in [1.82, 2.24) is 14.5 Å². The van der Waals surface area contributed by atoms with E-state index in [0.29, 0.717) is 11.5 Å². The molecule has 0 aromatic carbocycles. The van der Waals surface area contributed by atoms with Crippen LogP contribution in [0.3, 0.4) is 0 Å². The van der Waals surface area contributed by atoms with Gasteiger partial charge in [0.05, 0.1) is 13.0 Å². The predicted octanol–water partition coefficient (Wildman–Crippen LogP) is 2.21. The monoisotopic (exact) mass is 267 g/mol. The van der Waals surface area contributed by atoms with Gasteiger partial charge in [-0.3, -0.25) is 4.57 Å². The molecule has 0 saturated carbocycles. The van der Waals surface area contributed by atoms with Gasteiger partial charge in [0.2, 0.25) is 0 Å². The molecule has 0 amide bonds. The minimum Gasteiger partial charge on any atom is -0.467 e.